The van der Waals surface area contributed by atoms with E-state index in [1.807, 2.05) is 12.1 Å². The van der Waals surface area contributed by atoms with Crippen LogP contribution in [0.25, 0.3) is 0 Å². The van der Waals surface area contributed by atoms with E-state index in [-0.39, 0.29) is 22.7 Å². The van der Waals surface area contributed by atoms with Crippen LogP contribution < -0.4 is 10.6 Å². The van der Waals surface area contributed by atoms with Crippen LogP contribution in [0, 0.1) is 16.0 Å². The minimum Gasteiger partial charge on any atom is -0.454 e. The monoisotopic (exact) mass is 455 g/mol. The second-order valence-corrected chi connectivity index (χ2v) is 8.95. The second-order valence-electron chi connectivity index (χ2n) is 8.95. The number of nitrogens with zero attached hydrogens (tertiary/aromatic N) is 1. The molecule has 9 heteroatoms. The Bertz CT molecular complexity index is 1030. The molecule has 0 fully saturated rings. The lowest BCUT2D eigenvalue weighted by Gasteiger charge is -2.22. The van der Waals surface area contributed by atoms with Gasteiger partial charge in [0.25, 0.3) is 17.5 Å². The van der Waals surface area contributed by atoms with Gasteiger partial charge in [0.1, 0.15) is 11.7 Å². The fraction of sp³-hybridized carbons (Fsp3) is 0.375. The molecule has 2 N–H and O–H groups in total. The van der Waals surface area contributed by atoms with Crippen LogP contribution in [0.5, 0.6) is 0 Å². The maximum atomic E-state index is 12.6. The number of nitrogens with one attached hydrogen (secondary N) is 2. The van der Waals surface area contributed by atoms with Crippen LogP contribution in [0.3, 0.4) is 0 Å². The average molecular weight is 456 g/mol. The van der Waals surface area contributed by atoms with Crippen molar-refractivity contribution in [2.45, 2.75) is 46.1 Å². The van der Waals surface area contributed by atoms with Crippen molar-refractivity contribution in [3.8, 4) is 0 Å². The standard InChI is InChI=1S/C24H29N3O6/c1-15(2)21(26-22(29)16-10-12-17(13-11-16)24(3,4)5)23(30)33-14-20(28)25-18-8-6-7-9-19(18)27(31)32/h6-13,15,21H,14H2,1-5H3,(H,25,28)(H,26,29)/t21-/m0/s1. The minimum atomic E-state index is -0.973. The molecule has 2 rings (SSSR count). The molecule has 0 aliphatic heterocycles. The van der Waals surface area contributed by atoms with Crippen molar-refractivity contribution in [2.24, 2.45) is 5.92 Å². The molecular weight excluding hydrogens is 426 g/mol. The van der Waals surface area contributed by atoms with Gasteiger partial charge >= 0.3 is 5.97 Å². The van der Waals surface area contributed by atoms with E-state index in [1.54, 1.807) is 26.0 Å². The van der Waals surface area contributed by atoms with Crippen LogP contribution in [0.2, 0.25) is 0 Å². The highest BCUT2D eigenvalue weighted by molar-refractivity contribution is 5.98. The van der Waals surface area contributed by atoms with Crippen molar-refractivity contribution in [2.75, 3.05) is 11.9 Å². The largest absolute Gasteiger partial charge is 0.454 e. The highest BCUT2D eigenvalue weighted by atomic mass is 16.6. The first kappa shape index (κ1) is 25.5. The molecule has 0 heterocycles. The third-order valence-corrected chi connectivity index (χ3v) is 4.94. The van der Waals surface area contributed by atoms with Crippen LogP contribution in [0.4, 0.5) is 11.4 Å². The number of carbonyl (C=O) groups excluding carboxylic acids is 3. The van der Waals surface area contributed by atoms with E-state index in [0.29, 0.717) is 5.56 Å². The van der Waals surface area contributed by atoms with Crippen molar-refractivity contribution in [3.05, 3.63) is 69.8 Å². The normalized spacial score (nSPS) is 12.1. The summed E-state index contributed by atoms with van der Waals surface area (Å²) in [5.41, 5.74) is 1.14. The number of para-hydroxylation sites is 2. The SMILES string of the molecule is CC(C)[C@H](NC(=O)c1ccc(C(C)(C)C)cc1)C(=O)OCC(=O)Nc1ccccc1[N+](=O)[O-]. The maximum absolute atomic E-state index is 12.6. The zero-order chi connectivity index (χ0) is 24.8. The highest BCUT2D eigenvalue weighted by Crippen LogP contribution is 2.23. The van der Waals surface area contributed by atoms with Gasteiger partial charge in [-0.1, -0.05) is 58.9 Å². The lowest BCUT2D eigenvalue weighted by Crippen LogP contribution is -2.46. The summed E-state index contributed by atoms with van der Waals surface area (Å²) in [6.45, 7) is 9.03. The van der Waals surface area contributed by atoms with Crippen molar-refractivity contribution in [3.63, 3.8) is 0 Å². The Morgan fingerprint density at radius 3 is 2.18 bits per heavy atom. The number of rotatable bonds is 8. The third kappa shape index (κ3) is 7.13. The Morgan fingerprint density at radius 1 is 1.03 bits per heavy atom. The number of benzene rings is 2. The van der Waals surface area contributed by atoms with Crippen LogP contribution in [-0.4, -0.2) is 35.4 Å². The molecule has 0 radical (unpaired) electrons. The number of nitro groups is 1. The van der Waals surface area contributed by atoms with Crippen molar-refractivity contribution in [1.82, 2.24) is 5.32 Å². The van der Waals surface area contributed by atoms with E-state index in [4.69, 9.17) is 4.74 Å². The molecule has 2 amide bonds. The highest BCUT2D eigenvalue weighted by Gasteiger charge is 2.27. The van der Waals surface area contributed by atoms with Gasteiger partial charge in [0.15, 0.2) is 6.61 Å². The summed E-state index contributed by atoms with van der Waals surface area (Å²) in [5, 5.41) is 16.1. The first-order valence-corrected chi connectivity index (χ1v) is 10.5. The number of carbonyl (C=O) groups is 3. The molecule has 33 heavy (non-hydrogen) atoms. The van der Waals surface area contributed by atoms with E-state index in [0.717, 1.165) is 5.56 Å². The van der Waals surface area contributed by atoms with E-state index in [2.05, 4.69) is 31.4 Å². The second kappa shape index (κ2) is 10.7. The quantitative estimate of drug-likeness (QED) is 0.354. The molecule has 9 nitrogen and oxygen atoms in total. The van der Waals surface area contributed by atoms with E-state index in [9.17, 15) is 24.5 Å². The number of hydrogen-bond donors (Lipinski definition) is 2. The molecule has 0 bridgehead atoms. The van der Waals surface area contributed by atoms with Crippen molar-refractivity contribution < 1.29 is 24.0 Å². The summed E-state index contributed by atoms with van der Waals surface area (Å²) in [6.07, 6.45) is 0. The van der Waals surface area contributed by atoms with E-state index in [1.165, 1.54) is 24.3 Å². The molecule has 2 aromatic carbocycles. The molecule has 0 saturated carbocycles. The summed E-state index contributed by atoms with van der Waals surface area (Å²) in [7, 11) is 0. The summed E-state index contributed by atoms with van der Waals surface area (Å²) in [6, 6.07) is 11.8. The number of amides is 2. The predicted molar refractivity (Wildman–Crippen MR) is 124 cm³/mol. The third-order valence-electron chi connectivity index (χ3n) is 4.94. The lowest BCUT2D eigenvalue weighted by molar-refractivity contribution is -0.383. The topological polar surface area (TPSA) is 128 Å². The molecule has 0 aliphatic rings. The van der Waals surface area contributed by atoms with Gasteiger partial charge in [-0.2, -0.15) is 0 Å². The van der Waals surface area contributed by atoms with Crippen molar-refractivity contribution >= 4 is 29.2 Å². The Morgan fingerprint density at radius 2 is 1.64 bits per heavy atom. The Hall–Kier alpha value is -3.75. The molecule has 0 aliphatic carbocycles. The van der Waals surface area contributed by atoms with Gasteiger partial charge in [-0.3, -0.25) is 19.7 Å². The lowest BCUT2D eigenvalue weighted by atomic mass is 9.86. The van der Waals surface area contributed by atoms with Gasteiger partial charge in [-0.25, -0.2) is 4.79 Å². The molecule has 1 atom stereocenters. The Balaban J connectivity index is 1.99. The molecule has 0 spiro atoms. The molecular formula is C24H29N3O6. The number of anilines is 1. The van der Waals surface area contributed by atoms with Crippen LogP contribution >= 0.6 is 0 Å². The predicted octanol–water partition coefficient (Wildman–Crippen LogP) is 3.83. The molecule has 0 aromatic heterocycles. The van der Waals surface area contributed by atoms with Gasteiger partial charge in [0.2, 0.25) is 0 Å². The number of esters is 1. The molecule has 0 unspecified atom stereocenters. The van der Waals surface area contributed by atoms with Gasteiger partial charge in [0.05, 0.1) is 4.92 Å². The zero-order valence-corrected chi connectivity index (χ0v) is 19.4. The summed E-state index contributed by atoms with van der Waals surface area (Å²) in [4.78, 5) is 47.8. The Labute approximate surface area is 192 Å². The number of hydrogen-bond acceptors (Lipinski definition) is 6. The van der Waals surface area contributed by atoms with E-state index >= 15 is 0 Å². The Kier molecular flexibility index (Phi) is 8.28. The molecule has 0 saturated heterocycles. The first-order chi connectivity index (χ1) is 15.4. The van der Waals surface area contributed by atoms with Crippen LogP contribution in [-0.2, 0) is 19.7 Å². The number of ether oxygens (including phenoxy) is 1. The van der Waals surface area contributed by atoms with Crippen LogP contribution in [0.1, 0.15) is 50.5 Å². The van der Waals surface area contributed by atoms with Gasteiger partial charge in [-0.05, 0) is 35.1 Å². The van der Waals surface area contributed by atoms with Crippen molar-refractivity contribution in [1.29, 1.82) is 0 Å². The molecule has 2 aromatic rings. The van der Waals surface area contributed by atoms with Gasteiger partial charge < -0.3 is 15.4 Å². The summed E-state index contributed by atoms with van der Waals surface area (Å²) in [5.74, 6) is -2.24. The molecule has 176 valence electrons. The maximum Gasteiger partial charge on any atom is 0.329 e. The van der Waals surface area contributed by atoms with Crippen LogP contribution in [0.15, 0.2) is 48.5 Å². The fourth-order valence-electron chi connectivity index (χ4n) is 3.00. The van der Waals surface area contributed by atoms with Gasteiger partial charge in [-0.15, -0.1) is 0 Å². The number of nitro benzene ring substituents is 1. The van der Waals surface area contributed by atoms with Gasteiger partial charge in [0, 0.05) is 11.6 Å². The van der Waals surface area contributed by atoms with E-state index < -0.39 is 35.4 Å². The average Bonchev–Trinajstić information content (AvgIpc) is 2.75. The zero-order valence-electron chi connectivity index (χ0n) is 19.4. The summed E-state index contributed by atoms with van der Waals surface area (Å²) < 4.78 is 5.06. The fourth-order valence-corrected chi connectivity index (χ4v) is 3.00. The first-order valence-electron chi connectivity index (χ1n) is 10.5. The summed E-state index contributed by atoms with van der Waals surface area (Å²) >= 11 is 0. The smallest absolute Gasteiger partial charge is 0.329 e. The minimum absolute atomic E-state index is 0.00374.